The number of nitro benzene ring substituents is 1. The van der Waals surface area contributed by atoms with Crippen LogP contribution < -0.4 is 10.1 Å². The Hall–Kier alpha value is -1.62. The standard InChI is InChI=1S/C14H20N2O3/c1-19-14-8-12(7-13(9-14)16(17)18)10-15-6-5-11-3-2-4-11/h7-9,11,15H,2-6,10H2,1H3. The number of methoxy groups -OCH3 is 1. The molecule has 19 heavy (non-hydrogen) atoms. The summed E-state index contributed by atoms with van der Waals surface area (Å²) in [4.78, 5) is 10.4. The fourth-order valence-electron chi connectivity index (χ4n) is 2.29. The van der Waals surface area contributed by atoms with Crippen LogP contribution in [0.4, 0.5) is 5.69 Å². The average Bonchev–Trinajstić information content (AvgIpc) is 2.35. The molecule has 2 rings (SSSR count). The zero-order valence-corrected chi connectivity index (χ0v) is 11.2. The molecule has 0 heterocycles. The molecule has 104 valence electrons. The third-order valence-corrected chi connectivity index (χ3v) is 3.68. The van der Waals surface area contributed by atoms with E-state index in [1.165, 1.54) is 38.9 Å². The van der Waals surface area contributed by atoms with Crippen molar-refractivity contribution >= 4 is 5.69 Å². The van der Waals surface area contributed by atoms with Gasteiger partial charge in [0.25, 0.3) is 5.69 Å². The molecule has 1 saturated carbocycles. The summed E-state index contributed by atoms with van der Waals surface area (Å²) in [6.45, 7) is 1.61. The Balaban J connectivity index is 1.87. The number of rotatable bonds is 7. The Morgan fingerprint density at radius 2 is 2.21 bits per heavy atom. The normalized spacial score (nSPS) is 15.0. The van der Waals surface area contributed by atoms with Crippen LogP contribution in [0.3, 0.4) is 0 Å². The number of nitro groups is 1. The molecule has 0 amide bonds. The predicted molar refractivity (Wildman–Crippen MR) is 73.3 cm³/mol. The largest absolute Gasteiger partial charge is 0.496 e. The Kier molecular flexibility index (Phi) is 4.74. The van der Waals surface area contributed by atoms with Crippen LogP contribution in [0.5, 0.6) is 5.75 Å². The maximum absolute atomic E-state index is 10.8. The van der Waals surface area contributed by atoms with Crippen molar-refractivity contribution in [2.45, 2.75) is 32.2 Å². The summed E-state index contributed by atoms with van der Waals surface area (Å²) >= 11 is 0. The van der Waals surface area contributed by atoms with Gasteiger partial charge in [0.2, 0.25) is 0 Å². The second-order valence-corrected chi connectivity index (χ2v) is 5.06. The number of hydrogen-bond acceptors (Lipinski definition) is 4. The average molecular weight is 264 g/mol. The van der Waals surface area contributed by atoms with Crippen molar-refractivity contribution in [2.75, 3.05) is 13.7 Å². The molecule has 0 atom stereocenters. The maximum Gasteiger partial charge on any atom is 0.273 e. The van der Waals surface area contributed by atoms with E-state index < -0.39 is 0 Å². The Morgan fingerprint density at radius 3 is 2.79 bits per heavy atom. The summed E-state index contributed by atoms with van der Waals surface area (Å²) in [6.07, 6.45) is 5.28. The van der Waals surface area contributed by atoms with E-state index in [1.807, 2.05) is 6.07 Å². The van der Waals surface area contributed by atoms with E-state index in [2.05, 4.69) is 5.32 Å². The number of nitrogens with one attached hydrogen (secondary N) is 1. The zero-order chi connectivity index (χ0) is 13.7. The predicted octanol–water partition coefficient (Wildman–Crippen LogP) is 2.88. The van der Waals surface area contributed by atoms with E-state index in [9.17, 15) is 10.1 Å². The number of hydrogen-bond donors (Lipinski definition) is 1. The molecule has 1 fully saturated rings. The van der Waals surface area contributed by atoms with Gasteiger partial charge in [0.05, 0.1) is 18.1 Å². The Morgan fingerprint density at radius 1 is 1.42 bits per heavy atom. The highest BCUT2D eigenvalue weighted by Gasteiger charge is 2.16. The highest BCUT2D eigenvalue weighted by molar-refractivity contribution is 5.42. The van der Waals surface area contributed by atoms with Gasteiger partial charge in [0.15, 0.2) is 0 Å². The third kappa shape index (κ3) is 3.92. The molecule has 0 aromatic heterocycles. The molecule has 0 saturated heterocycles. The molecule has 0 bridgehead atoms. The van der Waals surface area contributed by atoms with Crippen LogP contribution in [-0.4, -0.2) is 18.6 Å². The number of ether oxygens (including phenoxy) is 1. The van der Waals surface area contributed by atoms with Crippen LogP contribution in [0.2, 0.25) is 0 Å². The van der Waals surface area contributed by atoms with Crippen molar-refractivity contribution in [3.05, 3.63) is 33.9 Å². The molecule has 1 aromatic carbocycles. The molecule has 1 N–H and O–H groups in total. The van der Waals surface area contributed by atoms with Crippen molar-refractivity contribution in [1.82, 2.24) is 5.32 Å². The Bertz CT molecular complexity index is 444. The van der Waals surface area contributed by atoms with Gasteiger partial charge in [-0.15, -0.1) is 0 Å². The molecule has 5 nitrogen and oxygen atoms in total. The maximum atomic E-state index is 10.8. The second-order valence-electron chi connectivity index (χ2n) is 5.06. The molecular weight excluding hydrogens is 244 g/mol. The minimum absolute atomic E-state index is 0.0788. The molecule has 0 radical (unpaired) electrons. The van der Waals surface area contributed by atoms with E-state index >= 15 is 0 Å². The van der Waals surface area contributed by atoms with E-state index in [-0.39, 0.29) is 10.6 Å². The fraction of sp³-hybridized carbons (Fsp3) is 0.571. The van der Waals surface area contributed by atoms with Crippen molar-refractivity contribution in [1.29, 1.82) is 0 Å². The van der Waals surface area contributed by atoms with E-state index in [1.54, 1.807) is 6.07 Å². The molecular formula is C14H20N2O3. The van der Waals surface area contributed by atoms with Crippen molar-refractivity contribution in [3.63, 3.8) is 0 Å². The van der Waals surface area contributed by atoms with Crippen LogP contribution in [0.25, 0.3) is 0 Å². The summed E-state index contributed by atoms with van der Waals surface area (Å²) < 4.78 is 5.08. The first-order valence-electron chi connectivity index (χ1n) is 6.72. The summed E-state index contributed by atoms with van der Waals surface area (Å²) in [5, 5.41) is 14.2. The molecule has 0 spiro atoms. The van der Waals surface area contributed by atoms with E-state index in [0.29, 0.717) is 12.3 Å². The molecule has 1 aliphatic carbocycles. The summed E-state index contributed by atoms with van der Waals surface area (Å²) in [6, 6.07) is 4.88. The van der Waals surface area contributed by atoms with Gasteiger partial charge >= 0.3 is 0 Å². The highest BCUT2D eigenvalue weighted by Crippen LogP contribution is 2.28. The lowest BCUT2D eigenvalue weighted by Gasteiger charge is -2.25. The topological polar surface area (TPSA) is 64.4 Å². The van der Waals surface area contributed by atoms with Gasteiger partial charge in [-0.2, -0.15) is 0 Å². The van der Waals surface area contributed by atoms with Crippen LogP contribution >= 0.6 is 0 Å². The number of non-ortho nitro benzene ring substituents is 1. The highest BCUT2D eigenvalue weighted by atomic mass is 16.6. The SMILES string of the molecule is COc1cc(CNCCC2CCC2)cc([N+](=O)[O-])c1. The van der Waals surface area contributed by atoms with Gasteiger partial charge in [0.1, 0.15) is 5.75 Å². The van der Waals surface area contributed by atoms with Crippen molar-refractivity contribution in [3.8, 4) is 5.75 Å². The monoisotopic (exact) mass is 264 g/mol. The third-order valence-electron chi connectivity index (χ3n) is 3.68. The summed E-state index contributed by atoms with van der Waals surface area (Å²) in [5.74, 6) is 1.41. The lowest BCUT2D eigenvalue weighted by atomic mass is 9.83. The first kappa shape index (κ1) is 13.8. The summed E-state index contributed by atoms with van der Waals surface area (Å²) in [5.41, 5.74) is 0.967. The lowest BCUT2D eigenvalue weighted by Crippen LogP contribution is -2.21. The zero-order valence-electron chi connectivity index (χ0n) is 11.2. The molecule has 5 heteroatoms. The van der Waals surface area contributed by atoms with Gasteiger partial charge in [-0.3, -0.25) is 10.1 Å². The molecule has 1 aliphatic rings. The van der Waals surface area contributed by atoms with E-state index in [4.69, 9.17) is 4.74 Å². The van der Waals surface area contributed by atoms with Crippen molar-refractivity contribution < 1.29 is 9.66 Å². The van der Waals surface area contributed by atoms with Gasteiger partial charge in [-0.05, 0) is 30.5 Å². The van der Waals surface area contributed by atoms with E-state index in [0.717, 1.165) is 18.0 Å². The van der Waals surface area contributed by atoms with Gasteiger partial charge in [-0.1, -0.05) is 19.3 Å². The van der Waals surface area contributed by atoms with Gasteiger partial charge in [-0.25, -0.2) is 0 Å². The minimum Gasteiger partial charge on any atom is -0.496 e. The molecule has 1 aromatic rings. The van der Waals surface area contributed by atoms with Crippen LogP contribution in [0.15, 0.2) is 18.2 Å². The fourth-order valence-corrected chi connectivity index (χ4v) is 2.29. The van der Waals surface area contributed by atoms with Crippen molar-refractivity contribution in [2.24, 2.45) is 5.92 Å². The van der Waals surface area contributed by atoms with Crippen LogP contribution in [-0.2, 0) is 6.54 Å². The minimum atomic E-state index is -0.389. The first-order valence-corrected chi connectivity index (χ1v) is 6.72. The second kappa shape index (κ2) is 6.52. The first-order chi connectivity index (χ1) is 9.19. The smallest absolute Gasteiger partial charge is 0.273 e. The van der Waals surface area contributed by atoms with Gasteiger partial charge < -0.3 is 10.1 Å². The number of benzene rings is 1. The summed E-state index contributed by atoms with van der Waals surface area (Å²) in [7, 11) is 1.52. The van der Waals surface area contributed by atoms with Gasteiger partial charge in [0, 0.05) is 12.6 Å². The molecule has 0 aliphatic heterocycles. The van der Waals surface area contributed by atoms with Crippen LogP contribution in [0.1, 0.15) is 31.2 Å². The van der Waals surface area contributed by atoms with Crippen LogP contribution in [0, 0.1) is 16.0 Å². The quantitative estimate of drug-likeness (QED) is 0.467. The number of nitrogens with zero attached hydrogens (tertiary/aromatic N) is 1. The lowest BCUT2D eigenvalue weighted by molar-refractivity contribution is -0.385. The molecule has 0 unspecified atom stereocenters. The Labute approximate surface area is 113 Å².